The SMILES string of the molecule is CC(OCC1CCCO1)C(=O)N1CCCN(C(=O)Nc2cccc(Cl)c2)CC1. The lowest BCUT2D eigenvalue weighted by Gasteiger charge is -2.25. The highest BCUT2D eigenvalue weighted by Gasteiger charge is 2.26. The Balaban J connectivity index is 1.46. The Kier molecular flexibility index (Phi) is 7.53. The smallest absolute Gasteiger partial charge is 0.321 e. The van der Waals surface area contributed by atoms with Gasteiger partial charge in [0, 0.05) is 43.5 Å². The molecule has 3 amide bonds. The van der Waals surface area contributed by atoms with Gasteiger partial charge in [0.25, 0.3) is 5.91 Å². The maximum Gasteiger partial charge on any atom is 0.321 e. The van der Waals surface area contributed by atoms with E-state index in [1.807, 2.05) is 0 Å². The van der Waals surface area contributed by atoms with Gasteiger partial charge in [-0.25, -0.2) is 4.79 Å². The number of nitrogens with one attached hydrogen (secondary N) is 1. The third kappa shape index (κ3) is 5.83. The summed E-state index contributed by atoms with van der Waals surface area (Å²) >= 11 is 5.96. The number of anilines is 1. The van der Waals surface area contributed by atoms with Gasteiger partial charge in [-0.2, -0.15) is 0 Å². The summed E-state index contributed by atoms with van der Waals surface area (Å²) in [5, 5.41) is 3.43. The molecule has 1 aromatic rings. The van der Waals surface area contributed by atoms with E-state index in [0.29, 0.717) is 43.5 Å². The third-order valence-electron chi connectivity index (χ3n) is 5.07. The number of rotatable bonds is 5. The van der Waals surface area contributed by atoms with Crippen LogP contribution in [0.25, 0.3) is 0 Å². The highest BCUT2D eigenvalue weighted by atomic mass is 35.5. The second-order valence-electron chi connectivity index (χ2n) is 7.22. The number of benzene rings is 1. The summed E-state index contributed by atoms with van der Waals surface area (Å²) in [5.41, 5.74) is 0.658. The van der Waals surface area contributed by atoms with Gasteiger partial charge in [-0.1, -0.05) is 17.7 Å². The van der Waals surface area contributed by atoms with Gasteiger partial charge in [0.05, 0.1) is 12.7 Å². The average Bonchev–Trinajstić information content (AvgIpc) is 3.08. The first-order valence-corrected chi connectivity index (χ1v) is 10.2. The second-order valence-corrected chi connectivity index (χ2v) is 7.65. The van der Waals surface area contributed by atoms with Crippen LogP contribution in [0.4, 0.5) is 10.5 Å². The fraction of sp³-hybridized carbons (Fsp3) is 0.600. The van der Waals surface area contributed by atoms with Crippen LogP contribution in [-0.2, 0) is 14.3 Å². The molecule has 3 rings (SSSR count). The maximum absolute atomic E-state index is 12.7. The van der Waals surface area contributed by atoms with Gasteiger partial charge >= 0.3 is 6.03 Å². The number of carbonyl (C=O) groups is 2. The standard InChI is InChI=1S/C20H28ClN3O4/c1-15(28-14-18-7-3-12-27-18)19(25)23-8-4-9-24(11-10-23)20(26)22-17-6-2-5-16(21)13-17/h2,5-6,13,15,18H,3-4,7-12,14H2,1H3,(H,22,26). The van der Waals surface area contributed by atoms with Crippen LogP contribution < -0.4 is 5.32 Å². The molecule has 8 heteroatoms. The van der Waals surface area contributed by atoms with Crippen LogP contribution >= 0.6 is 11.6 Å². The average molecular weight is 410 g/mol. The van der Waals surface area contributed by atoms with Crippen molar-refractivity contribution >= 4 is 29.2 Å². The zero-order valence-electron chi connectivity index (χ0n) is 16.2. The molecule has 2 fully saturated rings. The van der Waals surface area contributed by atoms with Crippen LogP contribution in [0.1, 0.15) is 26.2 Å². The number of halogens is 1. The first-order chi connectivity index (χ1) is 13.5. The Morgan fingerprint density at radius 1 is 1.25 bits per heavy atom. The highest BCUT2D eigenvalue weighted by molar-refractivity contribution is 6.30. The molecule has 2 unspecified atom stereocenters. The normalized spacial score (nSPS) is 21.3. The minimum atomic E-state index is -0.504. The van der Waals surface area contributed by atoms with Crippen LogP contribution in [0.2, 0.25) is 5.02 Å². The largest absolute Gasteiger partial charge is 0.376 e. The van der Waals surface area contributed by atoms with E-state index in [-0.39, 0.29) is 18.0 Å². The van der Waals surface area contributed by atoms with E-state index >= 15 is 0 Å². The predicted octanol–water partition coefficient (Wildman–Crippen LogP) is 2.99. The number of hydrogen-bond acceptors (Lipinski definition) is 4. The minimum Gasteiger partial charge on any atom is -0.376 e. The molecular formula is C20H28ClN3O4. The van der Waals surface area contributed by atoms with E-state index in [4.69, 9.17) is 21.1 Å². The summed E-state index contributed by atoms with van der Waals surface area (Å²) in [7, 11) is 0. The highest BCUT2D eigenvalue weighted by Crippen LogP contribution is 2.17. The molecule has 2 aliphatic rings. The van der Waals surface area contributed by atoms with Crippen LogP contribution in [0.15, 0.2) is 24.3 Å². The minimum absolute atomic E-state index is 0.0323. The quantitative estimate of drug-likeness (QED) is 0.811. The fourth-order valence-electron chi connectivity index (χ4n) is 3.47. The van der Waals surface area contributed by atoms with Crippen molar-refractivity contribution in [2.45, 2.75) is 38.4 Å². The van der Waals surface area contributed by atoms with Crippen LogP contribution in [-0.4, -0.2) is 73.3 Å². The van der Waals surface area contributed by atoms with E-state index in [2.05, 4.69) is 5.32 Å². The molecule has 2 heterocycles. The molecule has 2 aliphatic heterocycles. The Bertz CT molecular complexity index is 681. The molecule has 2 saturated heterocycles. The predicted molar refractivity (Wildman–Crippen MR) is 108 cm³/mol. The summed E-state index contributed by atoms with van der Waals surface area (Å²) in [4.78, 5) is 28.7. The molecular weight excluding hydrogens is 382 g/mol. The van der Waals surface area contributed by atoms with Crippen molar-refractivity contribution in [1.82, 2.24) is 9.80 Å². The summed E-state index contributed by atoms with van der Waals surface area (Å²) in [6, 6.07) is 6.87. The van der Waals surface area contributed by atoms with E-state index < -0.39 is 6.10 Å². The molecule has 0 aliphatic carbocycles. The van der Waals surface area contributed by atoms with Crippen molar-refractivity contribution in [2.24, 2.45) is 0 Å². The van der Waals surface area contributed by atoms with Crippen molar-refractivity contribution in [1.29, 1.82) is 0 Å². The van der Waals surface area contributed by atoms with Gasteiger partial charge < -0.3 is 24.6 Å². The molecule has 0 spiro atoms. The van der Waals surface area contributed by atoms with Gasteiger partial charge in [0.15, 0.2) is 0 Å². The first-order valence-electron chi connectivity index (χ1n) is 9.86. The van der Waals surface area contributed by atoms with Gasteiger partial charge in [-0.15, -0.1) is 0 Å². The molecule has 0 radical (unpaired) electrons. The summed E-state index contributed by atoms with van der Waals surface area (Å²) in [5.74, 6) is -0.0323. The molecule has 0 aromatic heterocycles. The van der Waals surface area contributed by atoms with E-state index in [1.165, 1.54) is 0 Å². The Morgan fingerprint density at radius 2 is 2.04 bits per heavy atom. The monoisotopic (exact) mass is 409 g/mol. The Morgan fingerprint density at radius 3 is 2.79 bits per heavy atom. The van der Waals surface area contributed by atoms with Crippen molar-refractivity contribution in [3.63, 3.8) is 0 Å². The third-order valence-corrected chi connectivity index (χ3v) is 5.31. The summed E-state index contributed by atoms with van der Waals surface area (Å²) < 4.78 is 11.3. The van der Waals surface area contributed by atoms with Crippen molar-refractivity contribution in [2.75, 3.05) is 44.7 Å². The number of carbonyl (C=O) groups excluding carboxylic acids is 2. The van der Waals surface area contributed by atoms with E-state index in [1.54, 1.807) is 41.0 Å². The lowest BCUT2D eigenvalue weighted by Crippen LogP contribution is -2.43. The zero-order chi connectivity index (χ0) is 19.9. The second kappa shape index (κ2) is 10.1. The molecule has 154 valence electrons. The van der Waals surface area contributed by atoms with E-state index in [0.717, 1.165) is 25.9 Å². The molecule has 0 bridgehead atoms. The number of amides is 3. The molecule has 0 saturated carbocycles. The summed E-state index contributed by atoms with van der Waals surface area (Å²) in [6.07, 6.45) is 2.37. The van der Waals surface area contributed by atoms with E-state index in [9.17, 15) is 9.59 Å². The molecule has 1 N–H and O–H groups in total. The Labute approximate surface area is 170 Å². The fourth-order valence-corrected chi connectivity index (χ4v) is 3.66. The van der Waals surface area contributed by atoms with Crippen LogP contribution in [0.5, 0.6) is 0 Å². The maximum atomic E-state index is 12.7. The number of ether oxygens (including phenoxy) is 2. The van der Waals surface area contributed by atoms with Gasteiger partial charge in [-0.3, -0.25) is 4.79 Å². The topological polar surface area (TPSA) is 71.1 Å². The van der Waals surface area contributed by atoms with Crippen LogP contribution in [0, 0.1) is 0 Å². The lowest BCUT2D eigenvalue weighted by molar-refractivity contribution is -0.144. The lowest BCUT2D eigenvalue weighted by atomic mass is 10.2. The summed E-state index contributed by atoms with van der Waals surface area (Å²) in [6.45, 7) is 5.21. The van der Waals surface area contributed by atoms with Crippen LogP contribution in [0.3, 0.4) is 0 Å². The number of nitrogens with zero attached hydrogens (tertiary/aromatic N) is 2. The van der Waals surface area contributed by atoms with Gasteiger partial charge in [-0.05, 0) is 44.4 Å². The van der Waals surface area contributed by atoms with Crippen molar-refractivity contribution in [3.05, 3.63) is 29.3 Å². The molecule has 28 heavy (non-hydrogen) atoms. The molecule has 2 atom stereocenters. The van der Waals surface area contributed by atoms with Crippen molar-refractivity contribution in [3.8, 4) is 0 Å². The first kappa shape index (κ1) is 20.9. The molecule has 1 aromatic carbocycles. The Hall–Kier alpha value is -1.83. The number of hydrogen-bond donors (Lipinski definition) is 1. The molecule has 7 nitrogen and oxygen atoms in total. The van der Waals surface area contributed by atoms with Crippen molar-refractivity contribution < 1.29 is 19.1 Å². The number of urea groups is 1. The van der Waals surface area contributed by atoms with Gasteiger partial charge in [0.2, 0.25) is 0 Å². The zero-order valence-corrected chi connectivity index (χ0v) is 17.0. The van der Waals surface area contributed by atoms with Gasteiger partial charge in [0.1, 0.15) is 6.10 Å².